The fourth-order valence-electron chi connectivity index (χ4n) is 3.39. The summed E-state index contributed by atoms with van der Waals surface area (Å²) in [5, 5.41) is 7.84. The van der Waals surface area contributed by atoms with Crippen molar-refractivity contribution in [3.8, 4) is 0 Å². The molecule has 0 saturated carbocycles. The predicted octanol–water partition coefficient (Wildman–Crippen LogP) is 3.42. The zero-order valence-corrected chi connectivity index (χ0v) is 19.3. The maximum Gasteiger partial charge on any atom is 0.236 e. The molecule has 9 heteroatoms. The van der Waals surface area contributed by atoms with Crippen LogP contribution in [0.1, 0.15) is 16.7 Å². The summed E-state index contributed by atoms with van der Waals surface area (Å²) in [6.07, 6.45) is 0.327. The van der Waals surface area contributed by atoms with E-state index in [1.165, 1.54) is 0 Å². The van der Waals surface area contributed by atoms with Gasteiger partial charge in [0.05, 0.1) is 19.3 Å². The average molecular weight is 481 g/mol. The zero-order valence-electron chi connectivity index (χ0n) is 19.3. The Balaban J connectivity index is 1.49. The van der Waals surface area contributed by atoms with E-state index in [4.69, 9.17) is 0 Å². The molecule has 9 nitrogen and oxygen atoms in total. The Morgan fingerprint density at radius 3 is 0.944 bits per heavy atom. The fourth-order valence-corrected chi connectivity index (χ4v) is 3.39. The molecule has 1 aromatic heterocycles. The molecule has 0 saturated heterocycles. The van der Waals surface area contributed by atoms with Crippen molar-refractivity contribution < 1.29 is 14.4 Å². The van der Waals surface area contributed by atoms with Crippen molar-refractivity contribution in [1.82, 2.24) is 15.0 Å². The molecule has 4 aromatic rings. The number of rotatable bonds is 9. The van der Waals surface area contributed by atoms with E-state index in [0.717, 1.165) is 16.7 Å². The highest BCUT2D eigenvalue weighted by atomic mass is 16.2. The van der Waals surface area contributed by atoms with Crippen molar-refractivity contribution in [2.45, 2.75) is 19.3 Å². The number of carbonyl (C=O) groups is 3. The first kappa shape index (κ1) is 24.2. The summed E-state index contributed by atoms with van der Waals surface area (Å²) in [6, 6.07) is 27.6. The normalized spacial score (nSPS) is 10.3. The van der Waals surface area contributed by atoms with Crippen LogP contribution in [-0.2, 0) is 33.6 Å². The van der Waals surface area contributed by atoms with Gasteiger partial charge in [-0.2, -0.15) is 15.0 Å². The molecule has 0 atom stereocenters. The van der Waals surface area contributed by atoms with Crippen LogP contribution in [0, 0.1) is 0 Å². The Morgan fingerprint density at radius 1 is 0.444 bits per heavy atom. The van der Waals surface area contributed by atoms with E-state index >= 15 is 0 Å². The lowest BCUT2D eigenvalue weighted by Crippen LogP contribution is -2.22. The highest BCUT2D eigenvalue weighted by Crippen LogP contribution is 2.12. The number of anilines is 3. The van der Waals surface area contributed by atoms with E-state index in [1.54, 1.807) is 0 Å². The van der Waals surface area contributed by atoms with Gasteiger partial charge in [0.1, 0.15) is 0 Å². The van der Waals surface area contributed by atoms with Crippen LogP contribution >= 0.6 is 0 Å². The summed E-state index contributed by atoms with van der Waals surface area (Å²) < 4.78 is 0. The molecule has 0 unspecified atom stereocenters. The molecule has 0 spiro atoms. The van der Waals surface area contributed by atoms with Gasteiger partial charge >= 0.3 is 0 Å². The van der Waals surface area contributed by atoms with Gasteiger partial charge in [-0.3, -0.25) is 30.3 Å². The molecular formula is C27H24N6O3. The van der Waals surface area contributed by atoms with Crippen LogP contribution < -0.4 is 16.0 Å². The smallest absolute Gasteiger partial charge is 0.236 e. The fraction of sp³-hybridized carbons (Fsp3) is 0.111. The van der Waals surface area contributed by atoms with Gasteiger partial charge < -0.3 is 0 Å². The number of hydrogen-bond acceptors (Lipinski definition) is 6. The number of aromatic nitrogens is 3. The molecule has 4 rings (SSSR count). The quantitative estimate of drug-likeness (QED) is 0.337. The number of hydrogen-bond donors (Lipinski definition) is 3. The predicted molar refractivity (Wildman–Crippen MR) is 136 cm³/mol. The summed E-state index contributed by atoms with van der Waals surface area (Å²) in [6.45, 7) is 0. The van der Waals surface area contributed by atoms with E-state index < -0.39 is 0 Å². The van der Waals surface area contributed by atoms with Crippen LogP contribution in [0.25, 0.3) is 0 Å². The number of nitrogens with zero attached hydrogens (tertiary/aromatic N) is 3. The summed E-state index contributed by atoms with van der Waals surface area (Å²) >= 11 is 0. The maximum absolute atomic E-state index is 12.5. The van der Waals surface area contributed by atoms with Gasteiger partial charge in [-0.15, -0.1) is 0 Å². The minimum Gasteiger partial charge on any atom is -0.294 e. The third kappa shape index (κ3) is 7.56. The lowest BCUT2D eigenvalue weighted by Gasteiger charge is -2.10. The Hall–Kier alpha value is -4.92. The van der Waals surface area contributed by atoms with Gasteiger partial charge in [0, 0.05) is 0 Å². The summed E-state index contributed by atoms with van der Waals surface area (Å²) in [5.41, 5.74) is 2.45. The molecular weight excluding hydrogens is 456 g/mol. The molecule has 36 heavy (non-hydrogen) atoms. The second-order valence-corrected chi connectivity index (χ2v) is 7.94. The van der Waals surface area contributed by atoms with Gasteiger partial charge in [-0.05, 0) is 16.7 Å². The largest absolute Gasteiger partial charge is 0.294 e. The van der Waals surface area contributed by atoms with Crippen molar-refractivity contribution in [3.05, 3.63) is 108 Å². The van der Waals surface area contributed by atoms with E-state index in [0.29, 0.717) is 0 Å². The molecule has 3 amide bonds. The highest BCUT2D eigenvalue weighted by molar-refractivity contribution is 5.94. The van der Waals surface area contributed by atoms with Crippen molar-refractivity contribution in [1.29, 1.82) is 0 Å². The number of amides is 3. The summed E-state index contributed by atoms with van der Waals surface area (Å²) in [7, 11) is 0. The zero-order chi connectivity index (χ0) is 25.2. The molecule has 1 heterocycles. The SMILES string of the molecule is O=C(Cc1ccccc1)Nc1nc(NC(=O)Cc2ccccc2)nc(NC(=O)Cc2ccccc2)n1. The third-order valence-corrected chi connectivity index (χ3v) is 5.01. The number of benzene rings is 3. The van der Waals surface area contributed by atoms with Crippen LogP contribution in [-0.4, -0.2) is 32.7 Å². The molecule has 0 bridgehead atoms. The van der Waals surface area contributed by atoms with E-state index in [-0.39, 0.29) is 54.8 Å². The Labute approximate surface area is 208 Å². The first-order valence-electron chi connectivity index (χ1n) is 11.3. The second kappa shape index (κ2) is 12.0. The molecule has 0 fully saturated rings. The monoisotopic (exact) mass is 480 g/mol. The number of carbonyl (C=O) groups excluding carboxylic acids is 3. The Kier molecular flexibility index (Phi) is 8.06. The summed E-state index contributed by atoms with van der Waals surface area (Å²) in [5.74, 6) is -1.32. The topological polar surface area (TPSA) is 126 Å². The van der Waals surface area contributed by atoms with Gasteiger partial charge in [0.25, 0.3) is 0 Å². The van der Waals surface area contributed by atoms with Crippen molar-refractivity contribution in [2.75, 3.05) is 16.0 Å². The van der Waals surface area contributed by atoms with Gasteiger partial charge in [0.2, 0.25) is 35.6 Å². The minimum atomic E-state index is -0.351. The molecule has 3 N–H and O–H groups in total. The van der Waals surface area contributed by atoms with Gasteiger partial charge in [-0.1, -0.05) is 91.0 Å². The average Bonchev–Trinajstić information content (AvgIpc) is 2.85. The lowest BCUT2D eigenvalue weighted by molar-refractivity contribution is -0.116. The lowest BCUT2D eigenvalue weighted by atomic mass is 10.1. The van der Waals surface area contributed by atoms with Crippen LogP contribution in [0.2, 0.25) is 0 Å². The first-order valence-corrected chi connectivity index (χ1v) is 11.3. The van der Waals surface area contributed by atoms with E-state index in [1.807, 2.05) is 91.0 Å². The highest BCUT2D eigenvalue weighted by Gasteiger charge is 2.15. The standard InChI is InChI=1S/C27H24N6O3/c34-22(16-19-10-4-1-5-11-19)28-25-31-26(29-23(35)17-20-12-6-2-7-13-20)33-27(32-25)30-24(36)18-21-14-8-3-9-15-21/h1-15H,16-18H2,(H3,28,29,30,31,32,33,34,35,36). The molecule has 180 valence electrons. The minimum absolute atomic E-state index is 0.0871. The number of nitrogens with one attached hydrogen (secondary N) is 3. The second-order valence-electron chi connectivity index (χ2n) is 7.94. The molecule has 0 radical (unpaired) electrons. The van der Waals surface area contributed by atoms with Crippen LogP contribution in [0.4, 0.5) is 17.8 Å². The van der Waals surface area contributed by atoms with Crippen molar-refractivity contribution in [2.24, 2.45) is 0 Å². The third-order valence-electron chi connectivity index (χ3n) is 5.01. The van der Waals surface area contributed by atoms with Crippen LogP contribution in [0.15, 0.2) is 91.0 Å². The Bertz CT molecular complexity index is 1150. The first-order chi connectivity index (χ1) is 17.5. The Morgan fingerprint density at radius 2 is 0.694 bits per heavy atom. The van der Waals surface area contributed by atoms with E-state index in [9.17, 15) is 14.4 Å². The summed E-state index contributed by atoms with van der Waals surface area (Å²) in [4.78, 5) is 50.1. The van der Waals surface area contributed by atoms with Crippen LogP contribution in [0.5, 0.6) is 0 Å². The van der Waals surface area contributed by atoms with Gasteiger partial charge in [0.15, 0.2) is 0 Å². The van der Waals surface area contributed by atoms with Gasteiger partial charge in [-0.25, -0.2) is 0 Å². The van der Waals surface area contributed by atoms with Crippen molar-refractivity contribution in [3.63, 3.8) is 0 Å². The molecule has 3 aromatic carbocycles. The molecule has 0 aliphatic heterocycles. The van der Waals surface area contributed by atoms with Crippen molar-refractivity contribution >= 4 is 35.6 Å². The van der Waals surface area contributed by atoms with E-state index in [2.05, 4.69) is 30.9 Å². The van der Waals surface area contributed by atoms with Crippen LogP contribution in [0.3, 0.4) is 0 Å². The molecule has 0 aliphatic rings. The molecule has 0 aliphatic carbocycles. The maximum atomic E-state index is 12.5.